The molecular weight excluding hydrogens is 699 g/mol. The molecule has 4 aromatic heterocycles. The summed E-state index contributed by atoms with van der Waals surface area (Å²) in [6.45, 7) is 3.24. The molecule has 4 aromatic rings. The largest absolute Gasteiger partial charge is 0.478 e. The number of hydrogen-bond acceptors (Lipinski definition) is 12. The monoisotopic (exact) mass is 728 g/mol. The van der Waals surface area contributed by atoms with Crippen LogP contribution in [0.1, 0.15) is 24.4 Å². The number of aliphatic imine (C=N–C) groups is 1. The molecule has 1 fully saturated rings. The molecular formula is C28H30N11O7S3+. The molecule has 0 saturated carbocycles. The number of nitrogen functional groups attached to an aromatic ring is 1. The standard InChI is InChI=1S/C28H29N11O7S3/c1-28(2,25(44)45)46-35-18(16-12-49-27(31)33-16)21(40)34-19-22(41)39-20(24(42)43)13(10-48-23(19)39)8-37-4-3-17-36(5-6-38(17)37)9-15-7-14(11-47-15)32-26(29)30/h3-7,11-12,19,23H,8-10H2,1-2H3,(H8-,29,30,31,32,33,34,40,42,43,44,45)/p+1/b35-18-/t19-,23-/m1/s1. The van der Waals surface area contributed by atoms with Crippen LogP contribution in [0.25, 0.3) is 5.65 Å². The van der Waals surface area contributed by atoms with Crippen molar-refractivity contribution in [3.8, 4) is 0 Å². The number of imidazole rings is 1. The van der Waals surface area contributed by atoms with Crippen molar-refractivity contribution in [1.82, 2.24) is 24.4 Å². The third-order valence-electron chi connectivity index (χ3n) is 7.56. The minimum Gasteiger partial charge on any atom is -0.478 e. The highest BCUT2D eigenvalue weighted by molar-refractivity contribution is 8.00. The second kappa shape index (κ2) is 12.9. The summed E-state index contributed by atoms with van der Waals surface area (Å²) in [4.78, 5) is 66.2. The number of nitrogens with one attached hydrogen (secondary N) is 1. The Morgan fingerprint density at radius 2 is 1.98 bits per heavy atom. The fraction of sp³-hybridized carbons (Fsp3) is 0.286. The quantitative estimate of drug-likeness (QED) is 0.0373. The van der Waals surface area contributed by atoms with E-state index >= 15 is 0 Å². The molecule has 2 aliphatic rings. The summed E-state index contributed by atoms with van der Waals surface area (Å²) in [5, 5.41) is 28.6. The van der Waals surface area contributed by atoms with Crippen molar-refractivity contribution in [3.63, 3.8) is 0 Å². The number of amides is 2. The SMILES string of the molecule is CC(C)(O/N=C(\C(=O)N[C@@H]1C(=O)N2C(C(=O)O)=C(Cn3ccc4n3cc[n+]4Cc3cc(N=C(N)N)cs3)CS[C@H]12)c1csc(N)n1)C(=O)O. The van der Waals surface area contributed by atoms with Gasteiger partial charge in [0.25, 0.3) is 11.8 Å². The molecule has 0 bridgehead atoms. The number of anilines is 1. The summed E-state index contributed by atoms with van der Waals surface area (Å²) in [5.74, 6) is -3.85. The number of nitrogens with two attached hydrogens (primary N) is 3. The third-order valence-corrected chi connectivity index (χ3v) is 10.5. The number of thioether (sulfide) groups is 1. The van der Waals surface area contributed by atoms with Gasteiger partial charge in [-0.3, -0.25) is 14.5 Å². The van der Waals surface area contributed by atoms with Gasteiger partial charge in [0.1, 0.15) is 35.5 Å². The third kappa shape index (κ3) is 6.54. The lowest BCUT2D eigenvalue weighted by molar-refractivity contribution is -0.661. The Bertz CT molecular complexity index is 2090. The van der Waals surface area contributed by atoms with Gasteiger partial charge in [-0.1, -0.05) is 5.16 Å². The molecule has 0 aromatic carbocycles. The van der Waals surface area contributed by atoms with Gasteiger partial charge in [0, 0.05) is 21.4 Å². The summed E-state index contributed by atoms with van der Waals surface area (Å²) in [7, 11) is 0. The molecule has 0 aliphatic carbocycles. The van der Waals surface area contributed by atoms with Crippen molar-refractivity contribution in [2.45, 2.75) is 44.0 Å². The fourth-order valence-corrected chi connectivity index (χ4v) is 7.82. The van der Waals surface area contributed by atoms with E-state index in [1.54, 1.807) is 0 Å². The summed E-state index contributed by atoms with van der Waals surface area (Å²) in [5.41, 5.74) is 16.4. The minimum absolute atomic E-state index is 0.0185. The predicted octanol–water partition coefficient (Wildman–Crippen LogP) is 0.104. The molecule has 2 aliphatic heterocycles. The Morgan fingerprint density at radius 3 is 2.65 bits per heavy atom. The lowest BCUT2D eigenvalue weighted by Gasteiger charge is -2.49. The minimum atomic E-state index is -1.78. The summed E-state index contributed by atoms with van der Waals surface area (Å²) in [6, 6.07) is 2.71. The average Bonchev–Trinajstić information content (AvgIpc) is 3.83. The average molecular weight is 729 g/mol. The van der Waals surface area contributed by atoms with Crippen LogP contribution in [-0.4, -0.2) is 87.5 Å². The van der Waals surface area contributed by atoms with Crippen LogP contribution < -0.4 is 27.1 Å². The molecule has 0 spiro atoms. The topological polar surface area (TPSA) is 262 Å². The zero-order chi connectivity index (χ0) is 35.2. The van der Waals surface area contributed by atoms with Crippen molar-refractivity contribution in [2.75, 3.05) is 11.5 Å². The molecule has 2 atom stereocenters. The number of thiazole rings is 1. The van der Waals surface area contributed by atoms with Crippen molar-refractivity contribution >= 4 is 86.3 Å². The van der Waals surface area contributed by atoms with E-state index in [1.165, 1.54) is 47.2 Å². The molecule has 2 amide bonds. The van der Waals surface area contributed by atoms with Crippen LogP contribution in [0.4, 0.5) is 10.8 Å². The normalized spacial score (nSPS) is 17.9. The zero-order valence-corrected chi connectivity index (χ0v) is 28.3. The molecule has 6 rings (SSSR count). The van der Waals surface area contributed by atoms with E-state index in [9.17, 15) is 29.4 Å². The number of carboxylic acids is 2. The Hall–Kier alpha value is -5.41. The van der Waals surface area contributed by atoms with E-state index in [4.69, 9.17) is 22.0 Å². The smallest absolute Gasteiger partial charge is 0.352 e. The molecule has 0 radical (unpaired) electrons. The van der Waals surface area contributed by atoms with E-state index in [2.05, 4.69) is 20.4 Å². The maximum absolute atomic E-state index is 13.4. The summed E-state index contributed by atoms with van der Waals surface area (Å²) >= 11 is 3.84. The molecule has 21 heteroatoms. The van der Waals surface area contributed by atoms with Gasteiger partial charge >= 0.3 is 17.6 Å². The van der Waals surface area contributed by atoms with Gasteiger partial charge in [0.2, 0.25) is 5.60 Å². The van der Waals surface area contributed by atoms with Gasteiger partial charge in [0.05, 0.1) is 24.5 Å². The fourth-order valence-electron chi connectivity index (χ4n) is 5.14. The number of nitrogens with zero attached hydrogens (tertiary/aromatic N) is 7. The van der Waals surface area contributed by atoms with E-state index < -0.39 is 46.5 Å². The number of oxime groups is 1. The summed E-state index contributed by atoms with van der Waals surface area (Å²) in [6.07, 6.45) is 5.59. The van der Waals surface area contributed by atoms with Gasteiger partial charge in [-0.2, -0.15) is 0 Å². The zero-order valence-electron chi connectivity index (χ0n) is 25.8. The molecule has 18 nitrogen and oxygen atoms in total. The van der Waals surface area contributed by atoms with Crippen LogP contribution in [0.3, 0.4) is 0 Å². The molecule has 256 valence electrons. The maximum atomic E-state index is 13.4. The molecule has 1 saturated heterocycles. The van der Waals surface area contributed by atoms with Crippen molar-refractivity contribution in [3.05, 3.63) is 63.3 Å². The molecule has 9 N–H and O–H groups in total. The predicted molar refractivity (Wildman–Crippen MR) is 180 cm³/mol. The first-order valence-corrected chi connectivity index (χ1v) is 17.2. The number of carbonyl (C=O) groups is 4. The Kier molecular flexibility index (Phi) is 8.81. The first-order valence-electron chi connectivity index (χ1n) is 14.4. The van der Waals surface area contributed by atoms with Crippen LogP contribution in [0.15, 0.2) is 62.9 Å². The summed E-state index contributed by atoms with van der Waals surface area (Å²) < 4.78 is 5.75. The first-order chi connectivity index (χ1) is 23.2. The Morgan fingerprint density at radius 1 is 1.20 bits per heavy atom. The maximum Gasteiger partial charge on any atom is 0.352 e. The Balaban J connectivity index is 1.19. The van der Waals surface area contributed by atoms with Gasteiger partial charge in [0.15, 0.2) is 23.0 Å². The number of fused-ring (bicyclic) bond motifs is 2. The van der Waals surface area contributed by atoms with Crippen LogP contribution in [0, 0.1) is 0 Å². The number of β-lactam (4-membered cyclic amide) rings is 1. The van der Waals surface area contributed by atoms with Gasteiger partial charge in [-0.25, -0.2) is 28.8 Å². The highest BCUT2D eigenvalue weighted by atomic mass is 32.2. The van der Waals surface area contributed by atoms with E-state index in [1.807, 2.05) is 49.9 Å². The number of guanidine groups is 1. The molecule has 0 unspecified atom stereocenters. The van der Waals surface area contributed by atoms with Crippen LogP contribution in [0.2, 0.25) is 0 Å². The number of rotatable bonds is 12. The lowest BCUT2D eigenvalue weighted by atomic mass is 10.0. The number of hydrogen-bond donors (Lipinski definition) is 6. The van der Waals surface area contributed by atoms with Crippen molar-refractivity contribution in [1.29, 1.82) is 0 Å². The number of aromatic nitrogens is 4. The lowest BCUT2D eigenvalue weighted by Crippen LogP contribution is -2.71. The van der Waals surface area contributed by atoms with Crippen LogP contribution in [0.5, 0.6) is 0 Å². The van der Waals surface area contributed by atoms with Gasteiger partial charge < -0.3 is 37.6 Å². The van der Waals surface area contributed by atoms with Crippen molar-refractivity contribution in [2.24, 2.45) is 21.6 Å². The second-order valence-electron chi connectivity index (χ2n) is 11.4. The van der Waals surface area contributed by atoms with E-state index in [0.29, 0.717) is 17.8 Å². The van der Waals surface area contributed by atoms with E-state index in [-0.39, 0.29) is 34.8 Å². The van der Waals surface area contributed by atoms with E-state index in [0.717, 1.165) is 21.9 Å². The van der Waals surface area contributed by atoms with Gasteiger partial charge in [-0.15, -0.1) is 39.0 Å². The number of thiophene rings is 1. The highest BCUT2D eigenvalue weighted by Gasteiger charge is 2.54. The number of carbonyl (C=O) groups excluding carboxylic acids is 2. The number of aliphatic carboxylic acids is 2. The van der Waals surface area contributed by atoms with Crippen molar-refractivity contribution < 1.29 is 38.8 Å². The van der Waals surface area contributed by atoms with Crippen LogP contribution in [-0.2, 0) is 37.1 Å². The molecule has 49 heavy (non-hydrogen) atoms. The highest BCUT2D eigenvalue weighted by Crippen LogP contribution is 2.41. The van der Waals surface area contributed by atoms with Gasteiger partial charge in [-0.05, 0) is 25.5 Å². The Labute approximate surface area is 289 Å². The molecule has 6 heterocycles. The first kappa shape index (κ1) is 33.5. The van der Waals surface area contributed by atoms with Crippen LogP contribution >= 0.6 is 34.4 Å². The number of carboxylic acid groups (broad SMARTS) is 2. The second-order valence-corrected chi connectivity index (χ2v) is 14.4.